The number of aryl methyl sites for hydroxylation is 3. The number of unbranched alkanes of at least 4 members (excludes halogenated alkanes) is 5. The van der Waals surface area contributed by atoms with Crippen molar-refractivity contribution in [3.05, 3.63) is 125 Å². The zero-order valence-corrected chi connectivity index (χ0v) is 40.2. The van der Waals surface area contributed by atoms with Gasteiger partial charge in [-0.15, -0.1) is 5.10 Å². The molecule has 71 heavy (non-hydrogen) atoms. The molecule has 366 valence electrons. The van der Waals surface area contributed by atoms with E-state index < -0.39 is 11.5 Å². The monoisotopic (exact) mass is 959 g/mol. The van der Waals surface area contributed by atoms with Gasteiger partial charge in [0.1, 0.15) is 23.3 Å². The van der Waals surface area contributed by atoms with Crippen molar-refractivity contribution < 1.29 is 29.0 Å². The van der Waals surface area contributed by atoms with Gasteiger partial charge in [0.05, 0.1) is 34.6 Å². The molecule has 8 rings (SSSR count). The summed E-state index contributed by atoms with van der Waals surface area (Å²) in [5.41, 5.74) is 4.04. The minimum absolute atomic E-state index is 0.0394. The van der Waals surface area contributed by atoms with Gasteiger partial charge in [0.2, 0.25) is 23.6 Å². The van der Waals surface area contributed by atoms with Crippen LogP contribution in [0.3, 0.4) is 0 Å². The first-order valence-electron chi connectivity index (χ1n) is 24.0. The molecule has 1 atom stereocenters. The largest absolute Gasteiger partial charge is 0.478 e. The van der Waals surface area contributed by atoms with Crippen molar-refractivity contribution in [3.8, 4) is 29.0 Å². The minimum atomic E-state index is -1.04. The summed E-state index contributed by atoms with van der Waals surface area (Å²) in [4.78, 5) is 78.6. The number of benzene rings is 1. The van der Waals surface area contributed by atoms with Gasteiger partial charge < -0.3 is 29.9 Å². The van der Waals surface area contributed by atoms with Crippen LogP contribution in [-0.2, 0) is 35.5 Å². The number of hydrogen-bond acceptors (Lipinski definition) is 15. The van der Waals surface area contributed by atoms with Gasteiger partial charge in [-0.05, 0) is 88.4 Å². The summed E-state index contributed by atoms with van der Waals surface area (Å²) in [7, 11) is 0. The Balaban J connectivity index is 0.693. The number of pyridine rings is 3. The zero-order chi connectivity index (χ0) is 49.9. The second-order valence-corrected chi connectivity index (χ2v) is 18.4. The number of aromatic carboxylic acids is 1. The van der Waals surface area contributed by atoms with Crippen molar-refractivity contribution in [1.82, 2.24) is 50.1 Å². The van der Waals surface area contributed by atoms with E-state index in [0.29, 0.717) is 84.1 Å². The van der Waals surface area contributed by atoms with Crippen LogP contribution >= 0.6 is 0 Å². The van der Waals surface area contributed by atoms with E-state index in [9.17, 15) is 24.4 Å². The third kappa shape index (κ3) is 12.2. The Kier molecular flexibility index (Phi) is 15.6. The Morgan fingerprint density at radius 1 is 0.915 bits per heavy atom. The molecule has 2 N–H and O–H groups in total. The minimum Gasteiger partial charge on any atom is -0.478 e. The van der Waals surface area contributed by atoms with E-state index in [0.717, 1.165) is 69.2 Å². The fourth-order valence-corrected chi connectivity index (χ4v) is 8.86. The number of ketones is 1. The zero-order valence-electron chi connectivity index (χ0n) is 40.2. The third-order valence-electron chi connectivity index (χ3n) is 12.9. The lowest BCUT2D eigenvalue weighted by Crippen LogP contribution is -2.56. The van der Waals surface area contributed by atoms with Crippen LogP contribution in [0.25, 0.3) is 11.3 Å². The number of Topliss-reactive ketones (excluding diaryl/α,β-unsaturated/α-hetero) is 1. The maximum Gasteiger partial charge on any atom is 0.337 e. The van der Waals surface area contributed by atoms with Crippen LogP contribution in [0, 0.1) is 11.3 Å². The number of hydrogen-bond donors (Lipinski definition) is 2. The average Bonchev–Trinajstić information content (AvgIpc) is 3.91. The first-order chi connectivity index (χ1) is 34.4. The topological polar surface area (TPSA) is 238 Å². The highest BCUT2D eigenvalue weighted by molar-refractivity contribution is 6.13. The Morgan fingerprint density at radius 3 is 2.48 bits per heavy atom. The Hall–Kier alpha value is -8.14. The summed E-state index contributed by atoms with van der Waals surface area (Å²) in [5, 5.41) is 30.2. The SMILES string of the molecule is C[C@@H]1CN(c2ncc(-c3ccc4c(n3)N(Cc3cccnc3C#N)C(C)(C)C4=O)cn2)CCN1C(=O)CNC(=O)CCCCCCCCn1cc(CCc2cccc(Oc3ccc(C(=O)O)cn3)c2)nn1. The molecule has 2 aliphatic rings. The first kappa shape index (κ1) is 49.3. The summed E-state index contributed by atoms with van der Waals surface area (Å²) in [6.07, 6.45) is 15.9. The normalized spacial score (nSPS) is 15.0. The summed E-state index contributed by atoms with van der Waals surface area (Å²) < 4.78 is 7.69. The summed E-state index contributed by atoms with van der Waals surface area (Å²) >= 11 is 0. The van der Waals surface area contributed by atoms with Crippen molar-refractivity contribution in [2.75, 3.05) is 36.0 Å². The molecule has 0 saturated carbocycles. The number of ether oxygens (including phenoxy) is 1. The van der Waals surface area contributed by atoms with E-state index in [-0.39, 0.29) is 35.7 Å². The van der Waals surface area contributed by atoms with Gasteiger partial charge >= 0.3 is 5.97 Å². The lowest BCUT2D eigenvalue weighted by molar-refractivity contribution is -0.134. The Labute approximate surface area is 411 Å². The number of carboxylic acids is 1. The molecule has 0 aliphatic carbocycles. The summed E-state index contributed by atoms with van der Waals surface area (Å²) in [5.74, 6) is 0.684. The van der Waals surface area contributed by atoms with E-state index in [1.165, 1.54) is 18.3 Å². The van der Waals surface area contributed by atoms with Crippen LogP contribution in [0.2, 0.25) is 0 Å². The van der Waals surface area contributed by atoms with Crippen LogP contribution < -0.4 is 19.9 Å². The van der Waals surface area contributed by atoms with Crippen LogP contribution in [0.15, 0.2) is 91.6 Å². The molecule has 1 fully saturated rings. The van der Waals surface area contributed by atoms with E-state index in [4.69, 9.17) is 14.8 Å². The van der Waals surface area contributed by atoms with Crippen molar-refractivity contribution in [2.45, 2.75) is 103 Å². The molecule has 0 spiro atoms. The molecule has 7 heterocycles. The van der Waals surface area contributed by atoms with E-state index in [1.807, 2.05) is 71.8 Å². The summed E-state index contributed by atoms with van der Waals surface area (Å²) in [6, 6.07) is 19.9. The molecule has 1 aromatic carbocycles. The van der Waals surface area contributed by atoms with Crippen molar-refractivity contribution in [2.24, 2.45) is 0 Å². The lowest BCUT2D eigenvalue weighted by atomic mass is 9.97. The van der Waals surface area contributed by atoms with Gasteiger partial charge in [0, 0.05) is 93.4 Å². The number of carbonyl (C=O) groups is 4. The van der Waals surface area contributed by atoms with Crippen molar-refractivity contribution >= 4 is 35.3 Å². The molecule has 2 aliphatic heterocycles. The highest BCUT2D eigenvalue weighted by Gasteiger charge is 2.45. The smallest absolute Gasteiger partial charge is 0.337 e. The number of nitriles is 1. The summed E-state index contributed by atoms with van der Waals surface area (Å²) in [6.45, 7) is 8.27. The van der Waals surface area contributed by atoms with Crippen LogP contribution in [-0.4, -0.2) is 111 Å². The molecule has 1 saturated heterocycles. The lowest BCUT2D eigenvalue weighted by Gasteiger charge is -2.39. The molecule has 2 amide bonds. The standard InChI is InChI=1S/C52H57N13O6/c1-35-32-62(51-57-29-39(30-58-51)43-20-19-42-48(68)52(2,3)65(49(42)59-43)33-38-13-11-22-54-44(38)27-53)24-25-64(35)47(67)31-55-45(66)15-8-6-4-5-7-9-23-63-34-40(60-61-63)18-16-36-12-10-14-41(26-36)71-46-21-17-37(28-56-46)50(69)70/h10-14,17,19-22,26,28-30,34-35H,4-9,15-16,18,23-25,31-33H2,1-3H3,(H,55,66)(H,69,70)/t35-/m1/s1. The molecule has 19 nitrogen and oxygen atoms in total. The van der Waals surface area contributed by atoms with Gasteiger partial charge in [-0.1, -0.05) is 49.1 Å². The Bertz CT molecular complexity index is 2900. The number of fused-ring (bicyclic) bond motifs is 1. The maximum atomic E-state index is 13.4. The van der Waals surface area contributed by atoms with Gasteiger partial charge in [-0.3, -0.25) is 19.1 Å². The molecular formula is C52H57N13O6. The van der Waals surface area contributed by atoms with Crippen molar-refractivity contribution in [1.29, 1.82) is 5.26 Å². The van der Waals surface area contributed by atoms with Gasteiger partial charge in [-0.25, -0.2) is 29.7 Å². The molecule has 0 bridgehead atoms. The third-order valence-corrected chi connectivity index (χ3v) is 12.9. The number of piperazine rings is 1. The predicted molar refractivity (Wildman–Crippen MR) is 263 cm³/mol. The number of amides is 2. The molecule has 6 aromatic rings. The average molecular weight is 960 g/mol. The van der Waals surface area contributed by atoms with Crippen LogP contribution in [0.5, 0.6) is 11.6 Å². The maximum absolute atomic E-state index is 13.4. The molecule has 0 unspecified atom stereocenters. The highest BCUT2D eigenvalue weighted by Crippen LogP contribution is 2.40. The Morgan fingerprint density at radius 2 is 1.72 bits per heavy atom. The van der Waals surface area contributed by atoms with Gasteiger partial charge in [-0.2, -0.15) is 5.26 Å². The molecule has 5 aromatic heterocycles. The quantitative estimate of drug-likeness (QED) is 0.0720. The van der Waals surface area contributed by atoms with E-state index in [1.54, 1.807) is 41.7 Å². The molecule has 19 heteroatoms. The molecular weight excluding hydrogens is 903 g/mol. The second-order valence-electron chi connectivity index (χ2n) is 18.4. The fourth-order valence-electron chi connectivity index (χ4n) is 8.86. The number of nitrogens with one attached hydrogen (secondary N) is 1. The molecule has 0 radical (unpaired) electrons. The van der Waals surface area contributed by atoms with Crippen LogP contribution in [0.1, 0.15) is 109 Å². The van der Waals surface area contributed by atoms with E-state index >= 15 is 0 Å². The number of nitrogens with zero attached hydrogens (tertiary/aromatic N) is 12. The number of rotatable bonds is 21. The predicted octanol–water partition coefficient (Wildman–Crippen LogP) is 6.63. The fraction of sp³-hybridized carbons (Fsp3) is 0.385. The number of anilines is 2. The number of carbonyl (C=O) groups excluding carboxylic acids is 3. The van der Waals surface area contributed by atoms with Crippen molar-refractivity contribution in [3.63, 3.8) is 0 Å². The number of aromatic nitrogens is 8. The first-order valence-corrected chi connectivity index (χ1v) is 24.0. The van der Waals surface area contributed by atoms with Crippen LogP contribution in [0.4, 0.5) is 11.8 Å². The highest BCUT2D eigenvalue weighted by atomic mass is 16.5. The van der Waals surface area contributed by atoms with E-state index in [2.05, 4.69) is 41.6 Å². The second kappa shape index (κ2) is 22.5. The number of carboxylic acid groups (broad SMARTS) is 1. The van der Waals surface area contributed by atoms with Gasteiger partial charge in [0.15, 0.2) is 5.78 Å². The van der Waals surface area contributed by atoms with Gasteiger partial charge in [0.25, 0.3) is 0 Å².